The second kappa shape index (κ2) is 6.11. The van der Waals surface area contributed by atoms with Gasteiger partial charge in [0, 0.05) is 29.2 Å². The van der Waals surface area contributed by atoms with Crippen molar-refractivity contribution in [1.82, 2.24) is 10.2 Å². The first-order chi connectivity index (χ1) is 10.5. The third-order valence-electron chi connectivity index (χ3n) is 5.74. The molecule has 2 unspecified atom stereocenters. The molecule has 2 bridgehead atoms. The summed E-state index contributed by atoms with van der Waals surface area (Å²) in [5.41, 5.74) is 2.08. The van der Waals surface area contributed by atoms with E-state index >= 15 is 0 Å². The predicted octanol–water partition coefficient (Wildman–Crippen LogP) is 4.00. The smallest absolute Gasteiger partial charge is 0.230 e. The van der Waals surface area contributed by atoms with Crippen LogP contribution < -0.4 is 5.32 Å². The molecule has 3 aliphatic rings. The first-order valence-electron chi connectivity index (χ1n) is 8.02. The fourth-order valence-corrected chi connectivity index (χ4v) is 5.25. The van der Waals surface area contributed by atoms with Gasteiger partial charge in [-0.2, -0.15) is 0 Å². The van der Waals surface area contributed by atoms with Gasteiger partial charge >= 0.3 is 0 Å². The van der Waals surface area contributed by atoms with Crippen molar-refractivity contribution in [3.05, 3.63) is 33.3 Å². The van der Waals surface area contributed by atoms with Crippen LogP contribution in [0.2, 0.25) is 10.0 Å². The zero-order valence-corrected chi connectivity index (χ0v) is 15.4. The van der Waals surface area contributed by atoms with Crippen LogP contribution in [0.1, 0.15) is 43.4 Å². The lowest BCUT2D eigenvalue weighted by Gasteiger charge is -2.40. The number of carbonyl (C=O) groups excluding carboxylic acids is 1. The lowest BCUT2D eigenvalue weighted by Crippen LogP contribution is -2.48. The van der Waals surface area contributed by atoms with Crippen molar-refractivity contribution in [1.29, 1.82) is 0 Å². The number of halogens is 3. The minimum Gasteiger partial charge on any atom is -0.335 e. The molecule has 1 saturated carbocycles. The van der Waals surface area contributed by atoms with Crippen LogP contribution in [0.3, 0.4) is 0 Å². The van der Waals surface area contributed by atoms with E-state index in [2.05, 4.69) is 12.2 Å². The van der Waals surface area contributed by atoms with E-state index < -0.39 is 0 Å². The highest BCUT2D eigenvalue weighted by molar-refractivity contribution is 6.35. The summed E-state index contributed by atoms with van der Waals surface area (Å²) >= 11 is 12.5. The average Bonchev–Trinajstić information content (AvgIpc) is 3.08. The Morgan fingerprint density at radius 1 is 1.39 bits per heavy atom. The number of nitrogens with one attached hydrogen (secondary N) is 1. The highest BCUT2D eigenvalue weighted by atomic mass is 35.5. The van der Waals surface area contributed by atoms with Gasteiger partial charge in [-0.05, 0) is 55.9 Å². The van der Waals surface area contributed by atoms with Gasteiger partial charge in [0.1, 0.15) is 0 Å². The molecular weight excluding hydrogens is 355 g/mol. The molecule has 2 aliphatic heterocycles. The quantitative estimate of drug-likeness (QED) is 0.804. The van der Waals surface area contributed by atoms with Gasteiger partial charge in [0.2, 0.25) is 5.91 Å². The SMILES string of the molecule is C[C@H]1c2c(Cl)cc(Cl)cc2CCN1C(=O)C12CCC(C1)NC2.Cl. The molecule has 0 spiro atoms. The molecule has 1 aromatic carbocycles. The standard InChI is InChI=1S/C17H20Cl2N2O.ClH/c1-10-15-11(6-12(18)7-14(15)19)3-5-21(10)16(22)17-4-2-13(8-17)20-9-17;/h6-7,10,13,20H,2-5,8-9H2,1H3;1H/t10-,13?,17?;/m0./s1. The number of nitrogens with zero attached hydrogens (tertiary/aromatic N) is 1. The predicted molar refractivity (Wildman–Crippen MR) is 95.6 cm³/mol. The first-order valence-corrected chi connectivity index (χ1v) is 8.78. The number of hydrogen-bond acceptors (Lipinski definition) is 2. The third-order valence-corrected chi connectivity index (χ3v) is 6.27. The van der Waals surface area contributed by atoms with E-state index in [9.17, 15) is 4.79 Å². The first kappa shape index (κ1) is 17.3. The number of amides is 1. The minimum atomic E-state index is -0.171. The highest BCUT2D eigenvalue weighted by Crippen LogP contribution is 2.46. The molecule has 1 N–H and O–H groups in total. The molecule has 3 nitrogen and oxygen atoms in total. The molecule has 23 heavy (non-hydrogen) atoms. The molecule has 1 amide bonds. The van der Waals surface area contributed by atoms with Gasteiger partial charge in [0.25, 0.3) is 0 Å². The molecule has 1 saturated heterocycles. The van der Waals surface area contributed by atoms with Crippen LogP contribution in [0.25, 0.3) is 0 Å². The molecule has 2 heterocycles. The molecule has 6 heteroatoms. The summed E-state index contributed by atoms with van der Waals surface area (Å²) in [5.74, 6) is 0.309. The molecule has 2 fully saturated rings. The Bertz CT molecular complexity index is 641. The fourth-order valence-electron chi connectivity index (χ4n) is 4.56. The van der Waals surface area contributed by atoms with Gasteiger partial charge in [-0.25, -0.2) is 0 Å². The maximum atomic E-state index is 13.2. The van der Waals surface area contributed by atoms with E-state index in [1.807, 2.05) is 11.0 Å². The van der Waals surface area contributed by atoms with Crippen LogP contribution in [0.5, 0.6) is 0 Å². The number of benzene rings is 1. The van der Waals surface area contributed by atoms with Gasteiger partial charge in [0.15, 0.2) is 0 Å². The summed E-state index contributed by atoms with van der Waals surface area (Å²) in [6, 6.07) is 4.34. The van der Waals surface area contributed by atoms with E-state index in [1.54, 1.807) is 6.07 Å². The van der Waals surface area contributed by atoms with Crippen LogP contribution in [0.4, 0.5) is 0 Å². The normalized spacial score (nSPS) is 31.7. The van der Waals surface area contributed by atoms with Gasteiger partial charge < -0.3 is 10.2 Å². The van der Waals surface area contributed by atoms with Crippen molar-refractivity contribution in [2.45, 2.75) is 44.7 Å². The second-order valence-electron chi connectivity index (χ2n) is 6.99. The Morgan fingerprint density at radius 2 is 2.17 bits per heavy atom. The Labute approximate surface area is 153 Å². The van der Waals surface area contributed by atoms with Crippen molar-refractivity contribution in [3.8, 4) is 0 Å². The number of carbonyl (C=O) groups is 1. The second-order valence-corrected chi connectivity index (χ2v) is 7.83. The summed E-state index contributed by atoms with van der Waals surface area (Å²) < 4.78 is 0. The van der Waals surface area contributed by atoms with E-state index in [0.29, 0.717) is 22.0 Å². The lowest BCUT2D eigenvalue weighted by molar-refractivity contribution is -0.143. The Morgan fingerprint density at radius 3 is 2.78 bits per heavy atom. The van der Waals surface area contributed by atoms with E-state index in [0.717, 1.165) is 44.3 Å². The molecule has 1 aromatic rings. The third kappa shape index (κ3) is 2.66. The van der Waals surface area contributed by atoms with Gasteiger partial charge in [-0.3, -0.25) is 4.79 Å². The summed E-state index contributed by atoms with van der Waals surface area (Å²) in [7, 11) is 0. The molecule has 0 radical (unpaired) electrons. The summed E-state index contributed by atoms with van der Waals surface area (Å²) in [5, 5.41) is 4.83. The lowest BCUT2D eigenvalue weighted by atomic mass is 9.83. The van der Waals surface area contributed by atoms with Crippen LogP contribution in [-0.2, 0) is 11.2 Å². The molecule has 4 rings (SSSR count). The molecule has 1 aliphatic carbocycles. The zero-order valence-electron chi connectivity index (χ0n) is 13.1. The van der Waals surface area contributed by atoms with E-state index in [-0.39, 0.29) is 23.9 Å². The van der Waals surface area contributed by atoms with Crippen LogP contribution in [0, 0.1) is 5.41 Å². The maximum Gasteiger partial charge on any atom is 0.230 e. The molecule has 126 valence electrons. The van der Waals surface area contributed by atoms with Crippen LogP contribution >= 0.6 is 35.6 Å². The number of fused-ring (bicyclic) bond motifs is 3. The van der Waals surface area contributed by atoms with Crippen molar-refractivity contribution in [2.24, 2.45) is 5.41 Å². The minimum absolute atomic E-state index is 0. The van der Waals surface area contributed by atoms with Crippen molar-refractivity contribution < 1.29 is 4.79 Å². The van der Waals surface area contributed by atoms with Crippen molar-refractivity contribution >= 4 is 41.5 Å². The summed E-state index contributed by atoms with van der Waals surface area (Å²) in [4.78, 5) is 15.2. The van der Waals surface area contributed by atoms with Gasteiger partial charge in [-0.1, -0.05) is 23.2 Å². The Hall–Kier alpha value is -0.480. The molecule has 3 atom stereocenters. The monoisotopic (exact) mass is 374 g/mol. The Balaban J connectivity index is 0.00000156. The van der Waals surface area contributed by atoms with Gasteiger partial charge in [0.05, 0.1) is 11.5 Å². The van der Waals surface area contributed by atoms with Gasteiger partial charge in [-0.15, -0.1) is 12.4 Å². The van der Waals surface area contributed by atoms with Crippen LogP contribution in [-0.4, -0.2) is 29.9 Å². The van der Waals surface area contributed by atoms with Crippen molar-refractivity contribution in [3.63, 3.8) is 0 Å². The topological polar surface area (TPSA) is 32.3 Å². The molecule has 0 aromatic heterocycles. The number of hydrogen-bond donors (Lipinski definition) is 1. The number of piperidine rings is 1. The van der Waals surface area contributed by atoms with E-state index in [1.165, 1.54) is 5.56 Å². The summed E-state index contributed by atoms with van der Waals surface area (Å²) in [6.45, 7) is 3.68. The fraction of sp³-hybridized carbons (Fsp3) is 0.588. The number of rotatable bonds is 1. The van der Waals surface area contributed by atoms with Crippen LogP contribution in [0.15, 0.2) is 12.1 Å². The summed E-state index contributed by atoms with van der Waals surface area (Å²) in [6.07, 6.45) is 3.98. The molecular formula is C17H21Cl3N2O. The van der Waals surface area contributed by atoms with E-state index in [4.69, 9.17) is 23.2 Å². The Kier molecular flexibility index (Phi) is 4.61. The largest absolute Gasteiger partial charge is 0.335 e. The zero-order chi connectivity index (χ0) is 15.5. The average molecular weight is 376 g/mol. The highest BCUT2D eigenvalue weighted by Gasteiger charge is 2.52. The maximum absolute atomic E-state index is 13.2. The van der Waals surface area contributed by atoms with Crippen molar-refractivity contribution in [2.75, 3.05) is 13.1 Å².